The summed E-state index contributed by atoms with van der Waals surface area (Å²) < 4.78 is 33.8. The molecular formula is C21H28N2O4S2. The summed E-state index contributed by atoms with van der Waals surface area (Å²) in [4.78, 5) is 13.0. The number of nitrogens with one attached hydrogen (secondary N) is 2. The van der Waals surface area contributed by atoms with Gasteiger partial charge in [0.05, 0.1) is 16.6 Å². The molecular weight excluding hydrogens is 408 g/mol. The predicted octanol–water partition coefficient (Wildman–Crippen LogP) is 4.06. The Bertz CT molecular complexity index is 942. The molecule has 0 aromatic heterocycles. The number of benzene rings is 2. The molecule has 1 atom stereocenters. The van der Waals surface area contributed by atoms with Crippen LogP contribution in [-0.2, 0) is 14.8 Å². The Kier molecular flexibility index (Phi) is 8.13. The number of sulfonamides is 1. The Balaban J connectivity index is 2.10. The van der Waals surface area contributed by atoms with Crippen LogP contribution in [0.3, 0.4) is 0 Å². The Hall–Kier alpha value is -2.03. The third-order valence-electron chi connectivity index (χ3n) is 4.14. The SMILES string of the molecule is CSc1ccc(S(=O)(=O)N[C@H](C)COc2ccc(C)cc2)cc1NC(=O)C(C)C. The summed E-state index contributed by atoms with van der Waals surface area (Å²) in [6.45, 7) is 7.49. The second kappa shape index (κ2) is 10.1. The molecule has 0 bridgehead atoms. The highest BCUT2D eigenvalue weighted by Crippen LogP contribution is 2.28. The van der Waals surface area contributed by atoms with Crippen LogP contribution in [0.5, 0.6) is 5.75 Å². The monoisotopic (exact) mass is 436 g/mol. The minimum atomic E-state index is -3.76. The number of rotatable bonds is 9. The van der Waals surface area contributed by atoms with Crippen LogP contribution in [0.1, 0.15) is 26.3 Å². The van der Waals surface area contributed by atoms with Gasteiger partial charge in [-0.3, -0.25) is 4.79 Å². The minimum absolute atomic E-state index is 0.0940. The summed E-state index contributed by atoms with van der Waals surface area (Å²) in [6.07, 6.45) is 1.87. The first-order chi connectivity index (χ1) is 13.6. The molecule has 8 heteroatoms. The molecule has 29 heavy (non-hydrogen) atoms. The van der Waals surface area contributed by atoms with Crippen molar-refractivity contribution >= 4 is 33.4 Å². The molecule has 2 aromatic rings. The van der Waals surface area contributed by atoms with Gasteiger partial charge in [-0.1, -0.05) is 31.5 Å². The number of aryl methyl sites for hydroxylation is 1. The van der Waals surface area contributed by atoms with Crippen molar-refractivity contribution in [2.75, 3.05) is 18.2 Å². The molecule has 0 radical (unpaired) electrons. The molecule has 0 aliphatic carbocycles. The fourth-order valence-electron chi connectivity index (χ4n) is 2.45. The van der Waals surface area contributed by atoms with Crippen LogP contribution in [0.25, 0.3) is 0 Å². The zero-order chi connectivity index (χ0) is 21.6. The van der Waals surface area contributed by atoms with Crippen LogP contribution in [0.2, 0.25) is 0 Å². The summed E-state index contributed by atoms with van der Waals surface area (Å²) in [5, 5.41) is 2.80. The highest BCUT2D eigenvalue weighted by atomic mass is 32.2. The molecule has 6 nitrogen and oxygen atoms in total. The second-order valence-electron chi connectivity index (χ2n) is 7.15. The van der Waals surface area contributed by atoms with Crippen LogP contribution in [0.4, 0.5) is 5.69 Å². The van der Waals surface area contributed by atoms with E-state index in [4.69, 9.17) is 4.74 Å². The van der Waals surface area contributed by atoms with Crippen molar-refractivity contribution in [3.63, 3.8) is 0 Å². The number of ether oxygens (including phenoxy) is 1. The van der Waals surface area contributed by atoms with E-state index in [-0.39, 0.29) is 23.3 Å². The summed E-state index contributed by atoms with van der Waals surface area (Å²) in [6, 6.07) is 11.9. The number of amides is 1. The van der Waals surface area contributed by atoms with Crippen molar-refractivity contribution in [2.24, 2.45) is 5.92 Å². The average molecular weight is 437 g/mol. The molecule has 2 rings (SSSR count). The van der Waals surface area contributed by atoms with Gasteiger partial charge >= 0.3 is 0 Å². The van der Waals surface area contributed by atoms with E-state index in [1.165, 1.54) is 23.9 Å². The molecule has 2 N–H and O–H groups in total. The van der Waals surface area contributed by atoms with Crippen LogP contribution in [0, 0.1) is 12.8 Å². The highest BCUT2D eigenvalue weighted by Gasteiger charge is 2.20. The maximum Gasteiger partial charge on any atom is 0.241 e. The predicted molar refractivity (Wildman–Crippen MR) is 118 cm³/mol. The van der Waals surface area contributed by atoms with E-state index in [9.17, 15) is 13.2 Å². The van der Waals surface area contributed by atoms with E-state index in [1.807, 2.05) is 37.4 Å². The molecule has 158 valence electrons. The number of anilines is 1. The lowest BCUT2D eigenvalue weighted by atomic mass is 10.2. The third kappa shape index (κ3) is 6.76. The standard InChI is InChI=1S/C21H28N2O4S2/c1-14(2)21(24)22-19-12-18(10-11-20(19)28-5)29(25,26)23-16(4)13-27-17-8-6-15(3)7-9-17/h6-12,14,16,23H,13H2,1-5H3,(H,22,24)/t16-/m1/s1. The van der Waals surface area contributed by atoms with Gasteiger partial charge in [0.2, 0.25) is 15.9 Å². The van der Waals surface area contributed by atoms with E-state index in [0.717, 1.165) is 10.5 Å². The largest absolute Gasteiger partial charge is 0.492 e. The zero-order valence-corrected chi connectivity index (χ0v) is 19.0. The lowest BCUT2D eigenvalue weighted by Gasteiger charge is -2.17. The first kappa shape index (κ1) is 23.3. The van der Waals surface area contributed by atoms with Crippen LogP contribution in [0.15, 0.2) is 52.3 Å². The molecule has 0 saturated carbocycles. The van der Waals surface area contributed by atoms with Crippen molar-refractivity contribution in [1.29, 1.82) is 0 Å². The minimum Gasteiger partial charge on any atom is -0.492 e. The molecule has 1 amide bonds. The molecule has 0 aliphatic heterocycles. The van der Waals surface area contributed by atoms with E-state index >= 15 is 0 Å². The lowest BCUT2D eigenvalue weighted by molar-refractivity contribution is -0.118. The van der Waals surface area contributed by atoms with Gasteiger partial charge < -0.3 is 10.1 Å². The van der Waals surface area contributed by atoms with Crippen molar-refractivity contribution in [1.82, 2.24) is 4.72 Å². The van der Waals surface area contributed by atoms with Crippen molar-refractivity contribution in [3.8, 4) is 5.75 Å². The van der Waals surface area contributed by atoms with Crippen molar-refractivity contribution in [3.05, 3.63) is 48.0 Å². The molecule has 0 aliphatic rings. The van der Waals surface area contributed by atoms with Crippen LogP contribution < -0.4 is 14.8 Å². The van der Waals surface area contributed by atoms with E-state index in [2.05, 4.69) is 10.0 Å². The van der Waals surface area contributed by atoms with Gasteiger partial charge in [0.15, 0.2) is 0 Å². The summed E-state index contributed by atoms with van der Waals surface area (Å²) in [7, 11) is -3.76. The third-order valence-corrected chi connectivity index (χ3v) is 6.52. The summed E-state index contributed by atoms with van der Waals surface area (Å²) in [5.41, 5.74) is 1.61. The second-order valence-corrected chi connectivity index (χ2v) is 9.71. The number of hydrogen-bond acceptors (Lipinski definition) is 5. The summed E-state index contributed by atoms with van der Waals surface area (Å²) in [5.74, 6) is 0.314. The Morgan fingerprint density at radius 1 is 1.10 bits per heavy atom. The number of carbonyl (C=O) groups is 1. The number of hydrogen-bond donors (Lipinski definition) is 2. The van der Waals surface area contributed by atoms with Gasteiger partial charge in [0.25, 0.3) is 0 Å². The molecule has 0 fully saturated rings. The Labute approximate surface area is 177 Å². The first-order valence-corrected chi connectivity index (χ1v) is 12.0. The quantitative estimate of drug-likeness (QED) is 0.579. The van der Waals surface area contributed by atoms with E-state index < -0.39 is 16.1 Å². The molecule has 2 aromatic carbocycles. The van der Waals surface area contributed by atoms with Gasteiger partial charge in [-0.15, -0.1) is 11.8 Å². The zero-order valence-electron chi connectivity index (χ0n) is 17.4. The first-order valence-electron chi connectivity index (χ1n) is 9.33. The lowest BCUT2D eigenvalue weighted by Crippen LogP contribution is -2.36. The van der Waals surface area contributed by atoms with Gasteiger partial charge in [-0.05, 0) is 50.4 Å². The molecule has 0 saturated heterocycles. The number of carbonyl (C=O) groups excluding carboxylic acids is 1. The van der Waals surface area contributed by atoms with E-state index in [0.29, 0.717) is 11.4 Å². The summed E-state index contributed by atoms with van der Waals surface area (Å²) >= 11 is 1.44. The number of thioether (sulfide) groups is 1. The highest BCUT2D eigenvalue weighted by molar-refractivity contribution is 7.98. The van der Waals surface area contributed by atoms with Gasteiger partial charge in [0.1, 0.15) is 12.4 Å². The van der Waals surface area contributed by atoms with Crippen LogP contribution in [-0.4, -0.2) is 33.2 Å². The molecule has 0 heterocycles. The average Bonchev–Trinajstić information content (AvgIpc) is 2.67. The topological polar surface area (TPSA) is 84.5 Å². The Morgan fingerprint density at radius 2 is 1.76 bits per heavy atom. The maximum atomic E-state index is 12.8. The van der Waals surface area contributed by atoms with Gasteiger partial charge in [0, 0.05) is 10.8 Å². The van der Waals surface area contributed by atoms with Crippen molar-refractivity contribution in [2.45, 2.75) is 43.5 Å². The fourth-order valence-corrected chi connectivity index (χ4v) is 4.24. The van der Waals surface area contributed by atoms with Crippen LogP contribution >= 0.6 is 11.8 Å². The van der Waals surface area contributed by atoms with Gasteiger partial charge in [-0.2, -0.15) is 0 Å². The molecule has 0 spiro atoms. The fraction of sp³-hybridized carbons (Fsp3) is 0.381. The Morgan fingerprint density at radius 3 is 2.34 bits per heavy atom. The molecule has 0 unspecified atom stereocenters. The van der Waals surface area contributed by atoms with Crippen molar-refractivity contribution < 1.29 is 17.9 Å². The maximum absolute atomic E-state index is 12.8. The van der Waals surface area contributed by atoms with E-state index in [1.54, 1.807) is 26.8 Å². The smallest absolute Gasteiger partial charge is 0.241 e. The van der Waals surface area contributed by atoms with Gasteiger partial charge in [-0.25, -0.2) is 13.1 Å². The normalized spacial score (nSPS) is 12.6.